The fourth-order valence-electron chi connectivity index (χ4n) is 3.04. The molecule has 0 fully saturated rings. The molecular formula is C20H24N4O6. The molecule has 30 heavy (non-hydrogen) atoms. The minimum absolute atomic E-state index is 0.0461. The maximum Gasteiger partial charge on any atom is 0.338 e. The summed E-state index contributed by atoms with van der Waals surface area (Å²) in [5, 5.41) is 14.3. The Labute approximate surface area is 174 Å². The lowest BCUT2D eigenvalue weighted by atomic mass is 9.81. The van der Waals surface area contributed by atoms with Gasteiger partial charge in [-0.1, -0.05) is 12.1 Å². The average Bonchev–Trinajstić information content (AvgIpc) is 2.71. The van der Waals surface area contributed by atoms with Crippen LogP contribution >= 0.6 is 0 Å². The van der Waals surface area contributed by atoms with Crippen LogP contribution in [0.25, 0.3) is 0 Å². The summed E-state index contributed by atoms with van der Waals surface area (Å²) in [4.78, 5) is 42.2. The van der Waals surface area contributed by atoms with E-state index in [2.05, 4.69) is 10.3 Å². The van der Waals surface area contributed by atoms with Gasteiger partial charge in [-0.3, -0.25) is 10.1 Å². The van der Waals surface area contributed by atoms with Gasteiger partial charge in [0.2, 0.25) is 0 Å². The monoisotopic (exact) mass is 416 g/mol. The maximum absolute atomic E-state index is 12.8. The van der Waals surface area contributed by atoms with Gasteiger partial charge in [-0.25, -0.2) is 14.6 Å². The highest BCUT2D eigenvalue weighted by Crippen LogP contribution is 2.40. The van der Waals surface area contributed by atoms with E-state index in [9.17, 15) is 19.7 Å². The van der Waals surface area contributed by atoms with Crippen molar-refractivity contribution in [2.45, 2.75) is 19.8 Å². The number of non-ortho nitro benzene ring substituents is 1. The number of aliphatic imine (C=N–C) groups is 1. The Bertz CT molecular complexity index is 948. The van der Waals surface area contributed by atoms with Crippen molar-refractivity contribution in [1.82, 2.24) is 10.2 Å². The van der Waals surface area contributed by atoms with Crippen LogP contribution in [0.2, 0.25) is 0 Å². The Morgan fingerprint density at radius 1 is 1.30 bits per heavy atom. The molecule has 0 radical (unpaired) electrons. The van der Waals surface area contributed by atoms with Crippen molar-refractivity contribution in [1.29, 1.82) is 0 Å². The molecule has 0 saturated carbocycles. The molecule has 2 rings (SSSR count). The first kappa shape index (κ1) is 22.6. The Morgan fingerprint density at radius 2 is 2.00 bits per heavy atom. The number of methoxy groups -OCH3 is 1. The minimum Gasteiger partial charge on any atom is -0.466 e. The highest BCUT2D eigenvalue weighted by molar-refractivity contribution is 6.00. The van der Waals surface area contributed by atoms with Crippen molar-refractivity contribution in [2.24, 2.45) is 4.99 Å². The lowest BCUT2D eigenvalue weighted by Gasteiger charge is -2.29. The van der Waals surface area contributed by atoms with Crippen LogP contribution < -0.4 is 5.32 Å². The maximum atomic E-state index is 12.8. The Hall–Kier alpha value is -3.69. The first-order valence-corrected chi connectivity index (χ1v) is 9.13. The van der Waals surface area contributed by atoms with Gasteiger partial charge >= 0.3 is 11.9 Å². The normalized spacial score (nSPS) is 16.4. The predicted octanol–water partition coefficient (Wildman–Crippen LogP) is 2.09. The van der Waals surface area contributed by atoms with E-state index in [4.69, 9.17) is 9.47 Å². The van der Waals surface area contributed by atoms with Gasteiger partial charge in [0.25, 0.3) is 5.69 Å². The molecule has 1 aromatic carbocycles. The SMILES string of the molecule is CCOC(=O)C1=C(C)NC(N=CN(C)C)=C(C(=O)OC)C1c1cccc([N+](=O)[O-])c1. The molecule has 0 spiro atoms. The number of rotatable bonds is 7. The molecule has 1 aliphatic rings. The largest absolute Gasteiger partial charge is 0.466 e. The zero-order valence-corrected chi connectivity index (χ0v) is 17.5. The van der Waals surface area contributed by atoms with Crippen LogP contribution in [-0.2, 0) is 19.1 Å². The second-order valence-corrected chi connectivity index (χ2v) is 6.63. The number of ether oxygens (including phenoxy) is 2. The van der Waals surface area contributed by atoms with Crippen LogP contribution in [0.4, 0.5) is 5.69 Å². The number of esters is 2. The van der Waals surface area contributed by atoms with E-state index in [-0.39, 0.29) is 29.3 Å². The van der Waals surface area contributed by atoms with Crippen LogP contribution in [0, 0.1) is 10.1 Å². The Morgan fingerprint density at radius 3 is 2.57 bits per heavy atom. The molecule has 1 unspecified atom stereocenters. The van der Waals surface area contributed by atoms with Crippen molar-refractivity contribution in [2.75, 3.05) is 27.8 Å². The number of nitrogens with one attached hydrogen (secondary N) is 1. The van der Waals surface area contributed by atoms with E-state index in [0.717, 1.165) is 0 Å². The minimum atomic E-state index is -0.966. The number of hydrogen-bond acceptors (Lipinski definition) is 8. The summed E-state index contributed by atoms with van der Waals surface area (Å²) in [6.07, 6.45) is 1.48. The fourth-order valence-corrected chi connectivity index (χ4v) is 3.04. The highest BCUT2D eigenvalue weighted by Gasteiger charge is 2.39. The molecular weight excluding hydrogens is 392 g/mol. The summed E-state index contributed by atoms with van der Waals surface area (Å²) in [6, 6.07) is 5.74. The summed E-state index contributed by atoms with van der Waals surface area (Å²) < 4.78 is 10.1. The van der Waals surface area contributed by atoms with Crippen molar-refractivity contribution >= 4 is 24.0 Å². The molecule has 160 valence electrons. The van der Waals surface area contributed by atoms with E-state index < -0.39 is 22.8 Å². The van der Waals surface area contributed by atoms with Gasteiger partial charge in [-0.05, 0) is 19.4 Å². The summed E-state index contributed by atoms with van der Waals surface area (Å²) in [5.74, 6) is -2.15. The molecule has 1 heterocycles. The standard InChI is InChI=1S/C20H24N4O6/c1-6-30-20(26)15-12(2)22-18(21-11-23(3)4)17(19(25)29-5)16(15)13-8-7-9-14(10-13)24(27)28/h7-11,16,22H,6H2,1-5H3. The predicted molar refractivity (Wildman–Crippen MR) is 110 cm³/mol. The van der Waals surface area contributed by atoms with Crippen LogP contribution in [0.1, 0.15) is 25.3 Å². The van der Waals surface area contributed by atoms with E-state index in [1.165, 1.54) is 31.6 Å². The third kappa shape index (κ3) is 4.83. The van der Waals surface area contributed by atoms with Gasteiger partial charge in [0, 0.05) is 31.9 Å². The molecule has 0 bridgehead atoms. The zero-order chi connectivity index (χ0) is 22.4. The first-order chi connectivity index (χ1) is 14.2. The number of nitrogens with zero attached hydrogens (tertiary/aromatic N) is 3. The van der Waals surface area contributed by atoms with Gasteiger partial charge < -0.3 is 19.7 Å². The molecule has 0 aliphatic carbocycles. The summed E-state index contributed by atoms with van der Waals surface area (Å²) in [5.41, 5.74) is 0.815. The van der Waals surface area contributed by atoms with Gasteiger partial charge in [-0.15, -0.1) is 0 Å². The van der Waals surface area contributed by atoms with Crippen molar-refractivity contribution in [3.63, 3.8) is 0 Å². The second-order valence-electron chi connectivity index (χ2n) is 6.63. The molecule has 0 saturated heterocycles. The topological polar surface area (TPSA) is 123 Å². The summed E-state index contributed by atoms with van der Waals surface area (Å²) in [6.45, 7) is 3.44. The van der Waals surface area contributed by atoms with Crippen molar-refractivity contribution < 1.29 is 24.0 Å². The number of nitro groups is 1. The van der Waals surface area contributed by atoms with E-state index in [1.54, 1.807) is 38.9 Å². The van der Waals surface area contributed by atoms with Crippen molar-refractivity contribution in [3.05, 3.63) is 62.6 Å². The quantitative estimate of drug-likeness (QED) is 0.236. The van der Waals surface area contributed by atoms with E-state index in [1.807, 2.05) is 0 Å². The van der Waals surface area contributed by atoms with Gasteiger partial charge in [0.1, 0.15) is 5.82 Å². The molecule has 1 N–H and O–H groups in total. The smallest absolute Gasteiger partial charge is 0.338 e. The molecule has 0 aromatic heterocycles. The van der Waals surface area contributed by atoms with Crippen molar-refractivity contribution in [3.8, 4) is 0 Å². The summed E-state index contributed by atoms with van der Waals surface area (Å²) in [7, 11) is 4.73. The molecule has 1 atom stereocenters. The Kier molecular flexibility index (Phi) is 7.29. The van der Waals surface area contributed by atoms with Gasteiger partial charge in [0.15, 0.2) is 0 Å². The summed E-state index contributed by atoms with van der Waals surface area (Å²) >= 11 is 0. The van der Waals surface area contributed by atoms with Gasteiger partial charge in [-0.2, -0.15) is 0 Å². The van der Waals surface area contributed by atoms with Crippen LogP contribution in [0.3, 0.4) is 0 Å². The Balaban J connectivity index is 2.79. The highest BCUT2D eigenvalue weighted by atomic mass is 16.6. The zero-order valence-electron chi connectivity index (χ0n) is 17.5. The molecule has 1 aliphatic heterocycles. The first-order valence-electron chi connectivity index (χ1n) is 9.13. The van der Waals surface area contributed by atoms with Crippen LogP contribution in [0.15, 0.2) is 51.9 Å². The number of hydrogen-bond donors (Lipinski definition) is 1. The number of dihydropyridines is 1. The average molecular weight is 416 g/mol. The molecule has 1 aromatic rings. The number of nitro benzene ring substituents is 1. The second kappa shape index (κ2) is 9.68. The van der Waals surface area contributed by atoms with Crippen LogP contribution in [0.5, 0.6) is 0 Å². The van der Waals surface area contributed by atoms with Gasteiger partial charge in [0.05, 0.1) is 42.0 Å². The molecule has 10 heteroatoms. The van der Waals surface area contributed by atoms with E-state index >= 15 is 0 Å². The number of carbonyl (C=O) groups excluding carboxylic acids is 2. The third-order valence-corrected chi connectivity index (χ3v) is 4.28. The van der Waals surface area contributed by atoms with Crippen LogP contribution in [-0.4, -0.2) is 55.9 Å². The lowest BCUT2D eigenvalue weighted by molar-refractivity contribution is -0.384. The van der Waals surface area contributed by atoms with E-state index in [0.29, 0.717) is 11.3 Å². The fraction of sp³-hybridized carbons (Fsp3) is 0.350. The number of carbonyl (C=O) groups is 2. The number of benzene rings is 1. The third-order valence-electron chi connectivity index (χ3n) is 4.28. The number of allylic oxidation sites excluding steroid dienone is 1. The molecule has 10 nitrogen and oxygen atoms in total. The molecule has 0 amide bonds. The lowest BCUT2D eigenvalue weighted by Crippen LogP contribution is -2.33.